The van der Waals surface area contributed by atoms with Crippen LogP contribution in [0.4, 0.5) is 4.39 Å². The van der Waals surface area contributed by atoms with Crippen LogP contribution in [0.15, 0.2) is 23.8 Å². The third-order valence-corrected chi connectivity index (χ3v) is 8.26. The van der Waals surface area contributed by atoms with Crippen molar-refractivity contribution in [1.82, 2.24) is 0 Å². The Kier molecular flexibility index (Phi) is 3.55. The molecule has 0 aromatic carbocycles. The van der Waals surface area contributed by atoms with Crippen LogP contribution >= 0.6 is 0 Å². The van der Waals surface area contributed by atoms with Crippen molar-refractivity contribution in [2.24, 2.45) is 34.5 Å². The van der Waals surface area contributed by atoms with Gasteiger partial charge >= 0.3 is 0 Å². The number of alkyl halides is 1. The molecule has 0 saturated heterocycles. The van der Waals surface area contributed by atoms with Crippen molar-refractivity contribution in [2.75, 3.05) is 6.67 Å². The first-order valence-corrected chi connectivity index (χ1v) is 9.53. The van der Waals surface area contributed by atoms with Gasteiger partial charge in [-0.25, -0.2) is 0 Å². The summed E-state index contributed by atoms with van der Waals surface area (Å²) in [4.78, 5) is 0. The second kappa shape index (κ2) is 5.21. The fourth-order valence-electron chi connectivity index (χ4n) is 7.05. The summed E-state index contributed by atoms with van der Waals surface area (Å²) < 4.78 is 13.0. The van der Waals surface area contributed by atoms with Crippen LogP contribution in [-0.2, 0) is 0 Å². The van der Waals surface area contributed by atoms with Gasteiger partial charge in [-0.1, -0.05) is 37.6 Å². The Morgan fingerprint density at radius 3 is 2.82 bits per heavy atom. The van der Waals surface area contributed by atoms with E-state index in [2.05, 4.69) is 32.1 Å². The summed E-state index contributed by atoms with van der Waals surface area (Å²) in [5.74, 6) is 3.23. The summed E-state index contributed by atoms with van der Waals surface area (Å²) in [6.45, 7) is 4.89. The van der Waals surface area contributed by atoms with Gasteiger partial charge in [0.2, 0.25) is 0 Å². The lowest BCUT2D eigenvalue weighted by molar-refractivity contribution is -0.0357. The van der Waals surface area contributed by atoms with E-state index in [1.165, 1.54) is 38.5 Å². The number of rotatable bonds is 2. The Bertz CT molecular complexity index is 504. The summed E-state index contributed by atoms with van der Waals surface area (Å²) in [7, 11) is 0. The van der Waals surface area contributed by atoms with Gasteiger partial charge in [-0.15, -0.1) is 0 Å². The standard InChI is InChI=1S/C21H31F/c1-20-12-4-3-5-15(20)6-8-17-18-9-7-16(11-14-22)21(18,2)13-10-19(17)20/h4-5,12,16-19H,3,6-11,13-14H2,1-2H3/t16-,17+,18+,19+,20+,21-/m1/s1. The molecule has 0 aromatic rings. The normalized spacial score (nSPS) is 50.0. The summed E-state index contributed by atoms with van der Waals surface area (Å²) in [5, 5.41) is 0. The van der Waals surface area contributed by atoms with Crippen LogP contribution in [0, 0.1) is 34.5 Å². The summed E-state index contributed by atoms with van der Waals surface area (Å²) >= 11 is 0. The molecule has 0 unspecified atom stereocenters. The average Bonchev–Trinajstić information content (AvgIpc) is 2.84. The maximum Gasteiger partial charge on any atom is 0.0897 e. The monoisotopic (exact) mass is 302 g/mol. The molecule has 4 aliphatic carbocycles. The van der Waals surface area contributed by atoms with Crippen LogP contribution in [0.1, 0.15) is 65.2 Å². The second-order valence-corrected chi connectivity index (χ2v) is 8.86. The highest BCUT2D eigenvalue weighted by atomic mass is 19.1. The van der Waals surface area contributed by atoms with Gasteiger partial charge < -0.3 is 0 Å². The quantitative estimate of drug-likeness (QED) is 0.541. The number of allylic oxidation sites excluding steroid dienone is 4. The summed E-state index contributed by atoms with van der Waals surface area (Å²) in [6, 6.07) is 0. The minimum absolute atomic E-state index is 0.117. The maximum absolute atomic E-state index is 13.0. The highest BCUT2D eigenvalue weighted by Crippen LogP contribution is 2.66. The fraction of sp³-hybridized carbons (Fsp3) is 0.810. The van der Waals surface area contributed by atoms with Gasteiger partial charge in [0.25, 0.3) is 0 Å². The van der Waals surface area contributed by atoms with Gasteiger partial charge in [-0.2, -0.15) is 0 Å². The maximum atomic E-state index is 13.0. The summed E-state index contributed by atoms with van der Waals surface area (Å²) in [5.41, 5.74) is 2.49. The molecule has 0 aliphatic heterocycles. The van der Waals surface area contributed by atoms with Crippen molar-refractivity contribution < 1.29 is 4.39 Å². The Morgan fingerprint density at radius 2 is 2.00 bits per heavy atom. The molecule has 1 heteroatoms. The molecule has 0 N–H and O–H groups in total. The van der Waals surface area contributed by atoms with E-state index in [0.29, 0.717) is 16.7 Å². The largest absolute Gasteiger partial charge is 0.251 e. The van der Waals surface area contributed by atoms with E-state index >= 15 is 0 Å². The molecule has 0 radical (unpaired) electrons. The van der Waals surface area contributed by atoms with Crippen molar-refractivity contribution in [3.63, 3.8) is 0 Å². The number of halogens is 1. The van der Waals surface area contributed by atoms with E-state index in [-0.39, 0.29) is 6.67 Å². The first kappa shape index (κ1) is 15.0. The van der Waals surface area contributed by atoms with Crippen LogP contribution in [0.5, 0.6) is 0 Å². The molecule has 0 spiro atoms. The van der Waals surface area contributed by atoms with E-state index in [4.69, 9.17) is 0 Å². The van der Waals surface area contributed by atoms with Gasteiger partial charge in [0.15, 0.2) is 0 Å². The average molecular weight is 302 g/mol. The number of hydrogen-bond acceptors (Lipinski definition) is 0. The van der Waals surface area contributed by atoms with E-state index in [9.17, 15) is 4.39 Å². The molecule has 6 atom stereocenters. The lowest BCUT2D eigenvalue weighted by Gasteiger charge is -2.57. The smallest absolute Gasteiger partial charge is 0.0897 e. The predicted octanol–water partition coefficient (Wildman–Crippen LogP) is 6.09. The first-order valence-electron chi connectivity index (χ1n) is 9.53. The predicted molar refractivity (Wildman–Crippen MR) is 90.3 cm³/mol. The van der Waals surface area contributed by atoms with Crippen LogP contribution < -0.4 is 0 Å². The fourth-order valence-corrected chi connectivity index (χ4v) is 7.05. The topological polar surface area (TPSA) is 0 Å². The Labute approximate surface area is 135 Å². The molecule has 22 heavy (non-hydrogen) atoms. The van der Waals surface area contributed by atoms with Gasteiger partial charge in [-0.05, 0) is 80.5 Å². The Hall–Kier alpha value is -0.590. The van der Waals surface area contributed by atoms with Crippen molar-refractivity contribution in [2.45, 2.75) is 65.2 Å². The second-order valence-electron chi connectivity index (χ2n) is 8.86. The molecule has 122 valence electrons. The van der Waals surface area contributed by atoms with Crippen LogP contribution in [0.3, 0.4) is 0 Å². The molecule has 3 saturated carbocycles. The van der Waals surface area contributed by atoms with Crippen molar-refractivity contribution >= 4 is 0 Å². The van der Waals surface area contributed by atoms with Crippen molar-refractivity contribution in [3.05, 3.63) is 23.8 Å². The number of hydrogen-bond donors (Lipinski definition) is 0. The molecule has 0 aromatic heterocycles. The SMILES string of the molecule is C[C@]12CC[C@H]3[C@@H](CCC4=CCC=C[C@@]43C)[C@@H]1CC[C@@H]2CCF. The van der Waals surface area contributed by atoms with E-state index in [1.807, 2.05) is 0 Å². The van der Waals surface area contributed by atoms with Crippen LogP contribution in [-0.4, -0.2) is 6.67 Å². The van der Waals surface area contributed by atoms with E-state index < -0.39 is 0 Å². The minimum Gasteiger partial charge on any atom is -0.251 e. The van der Waals surface area contributed by atoms with Crippen LogP contribution in [0.25, 0.3) is 0 Å². The third kappa shape index (κ3) is 1.93. The van der Waals surface area contributed by atoms with Gasteiger partial charge in [0, 0.05) is 5.41 Å². The lowest BCUT2D eigenvalue weighted by atomic mass is 9.48. The Balaban J connectivity index is 1.64. The molecule has 0 bridgehead atoms. The molecule has 0 amide bonds. The molecular formula is C21H31F. The molecule has 4 aliphatic rings. The third-order valence-electron chi connectivity index (χ3n) is 8.26. The minimum atomic E-state index is -0.117. The summed E-state index contributed by atoms with van der Waals surface area (Å²) in [6.07, 6.45) is 17.4. The van der Waals surface area contributed by atoms with E-state index in [1.54, 1.807) is 5.57 Å². The molecule has 0 nitrogen and oxygen atoms in total. The van der Waals surface area contributed by atoms with Crippen molar-refractivity contribution in [3.8, 4) is 0 Å². The zero-order valence-corrected chi connectivity index (χ0v) is 14.3. The zero-order valence-electron chi connectivity index (χ0n) is 14.3. The lowest BCUT2D eigenvalue weighted by Crippen LogP contribution is -2.49. The van der Waals surface area contributed by atoms with E-state index in [0.717, 1.165) is 30.6 Å². The van der Waals surface area contributed by atoms with Gasteiger partial charge in [0.1, 0.15) is 0 Å². The first-order chi connectivity index (χ1) is 10.6. The highest BCUT2D eigenvalue weighted by Gasteiger charge is 2.57. The molecule has 3 fully saturated rings. The van der Waals surface area contributed by atoms with Gasteiger partial charge in [0.05, 0.1) is 6.67 Å². The number of fused-ring (bicyclic) bond motifs is 5. The molecular weight excluding hydrogens is 271 g/mol. The molecule has 0 heterocycles. The van der Waals surface area contributed by atoms with Gasteiger partial charge in [-0.3, -0.25) is 4.39 Å². The zero-order chi connectivity index (χ0) is 15.4. The Morgan fingerprint density at radius 1 is 1.14 bits per heavy atom. The van der Waals surface area contributed by atoms with Crippen molar-refractivity contribution in [1.29, 1.82) is 0 Å². The van der Waals surface area contributed by atoms with Crippen LogP contribution in [0.2, 0.25) is 0 Å². The molecule has 4 rings (SSSR count). The highest BCUT2D eigenvalue weighted by molar-refractivity contribution is 5.31.